The Labute approximate surface area is 206 Å². The minimum atomic E-state index is -0.701. The second-order valence-electron chi connectivity index (χ2n) is 8.45. The molecule has 13 nitrogen and oxygen atoms in total. The fraction of sp³-hybridized carbons (Fsp3) is 0.348. The molecule has 0 amide bonds. The normalized spacial score (nSPS) is 13.7. The zero-order valence-corrected chi connectivity index (χ0v) is 20.2. The van der Waals surface area contributed by atoms with Crippen LogP contribution in [0, 0.1) is 6.92 Å². The highest BCUT2D eigenvalue weighted by Crippen LogP contribution is 2.28. The van der Waals surface area contributed by atoms with Gasteiger partial charge >= 0.3 is 5.97 Å². The van der Waals surface area contributed by atoms with E-state index in [1.807, 2.05) is 42.6 Å². The van der Waals surface area contributed by atoms with Crippen molar-refractivity contribution in [3.8, 4) is 11.4 Å². The van der Waals surface area contributed by atoms with Crippen LogP contribution < -0.4 is 15.7 Å². The lowest BCUT2D eigenvalue weighted by Crippen LogP contribution is -2.37. The van der Waals surface area contributed by atoms with Crippen LogP contribution in [-0.2, 0) is 23.2 Å². The number of nitrogens with zero attached hydrogens (tertiary/aromatic N) is 9. The lowest BCUT2D eigenvalue weighted by atomic mass is 10.2. The minimum Gasteiger partial charge on any atom is -0.378 e. The van der Waals surface area contributed by atoms with Gasteiger partial charge in [-0.05, 0) is 19.1 Å². The van der Waals surface area contributed by atoms with Crippen LogP contribution in [0.15, 0.2) is 30.7 Å². The van der Waals surface area contributed by atoms with E-state index < -0.39 is 5.97 Å². The molecule has 0 unspecified atom stereocenters. The van der Waals surface area contributed by atoms with Gasteiger partial charge in [0.25, 0.3) is 0 Å². The molecule has 0 saturated carbocycles. The molecule has 0 radical (unpaired) electrons. The first-order valence-corrected chi connectivity index (χ1v) is 11.4. The summed E-state index contributed by atoms with van der Waals surface area (Å²) in [6, 6.07) is 3.92. The van der Waals surface area contributed by atoms with Gasteiger partial charge in [-0.15, -0.1) is 0 Å². The Hall–Kier alpha value is -4.23. The van der Waals surface area contributed by atoms with Crippen LogP contribution in [0.5, 0.6) is 0 Å². The molecule has 0 spiro atoms. The van der Waals surface area contributed by atoms with Crippen LogP contribution in [0.1, 0.15) is 21.9 Å². The number of carbonyl (C=O) groups is 1. The highest BCUT2D eigenvalue weighted by molar-refractivity contribution is 5.88. The van der Waals surface area contributed by atoms with Crippen molar-refractivity contribution in [1.82, 2.24) is 34.5 Å². The van der Waals surface area contributed by atoms with Crippen molar-refractivity contribution in [2.24, 2.45) is 12.9 Å². The Kier molecular flexibility index (Phi) is 6.40. The van der Waals surface area contributed by atoms with E-state index in [1.54, 1.807) is 6.20 Å². The molecule has 1 saturated heterocycles. The number of nitrogens with two attached hydrogens (primary N) is 1. The molecule has 0 atom stereocenters. The third-order valence-corrected chi connectivity index (χ3v) is 5.97. The monoisotopic (exact) mass is 490 g/mol. The number of hydrogen-bond donors (Lipinski definition) is 1. The van der Waals surface area contributed by atoms with Crippen LogP contribution in [0.2, 0.25) is 0 Å². The van der Waals surface area contributed by atoms with Crippen molar-refractivity contribution in [3.05, 3.63) is 47.8 Å². The van der Waals surface area contributed by atoms with Crippen LogP contribution in [0.25, 0.3) is 22.6 Å². The fourth-order valence-electron chi connectivity index (χ4n) is 3.93. The summed E-state index contributed by atoms with van der Waals surface area (Å²) >= 11 is 0. The predicted octanol–water partition coefficient (Wildman–Crippen LogP) is 1.03. The van der Waals surface area contributed by atoms with Crippen molar-refractivity contribution in [2.45, 2.75) is 13.5 Å². The SMILES string of the molecule is Cc1ccc(-c2nc(N3CCOCC3)c3nc(CN(C)c4ncc(C(=O)ON)cn4)n(C)c3n2)cn1. The molecular weight excluding hydrogens is 464 g/mol. The number of carbonyl (C=O) groups excluding carboxylic acids is 1. The third-order valence-electron chi connectivity index (χ3n) is 5.97. The van der Waals surface area contributed by atoms with Crippen molar-refractivity contribution >= 4 is 28.9 Å². The van der Waals surface area contributed by atoms with Crippen LogP contribution >= 0.6 is 0 Å². The molecule has 36 heavy (non-hydrogen) atoms. The summed E-state index contributed by atoms with van der Waals surface area (Å²) in [5, 5.41) is 0. The number of pyridine rings is 1. The van der Waals surface area contributed by atoms with Crippen molar-refractivity contribution < 1.29 is 14.4 Å². The van der Waals surface area contributed by atoms with Gasteiger partial charge in [-0.1, -0.05) is 0 Å². The lowest BCUT2D eigenvalue weighted by molar-refractivity contribution is 0.0502. The number of ether oxygens (including phenoxy) is 1. The maximum atomic E-state index is 11.6. The quantitative estimate of drug-likeness (QED) is 0.384. The van der Waals surface area contributed by atoms with E-state index in [0.29, 0.717) is 42.7 Å². The average Bonchev–Trinajstić information content (AvgIpc) is 3.23. The van der Waals surface area contributed by atoms with Gasteiger partial charge < -0.3 is 23.9 Å². The van der Waals surface area contributed by atoms with E-state index in [1.165, 1.54) is 12.4 Å². The highest BCUT2D eigenvalue weighted by atomic mass is 16.7. The molecule has 1 aliphatic heterocycles. The molecule has 5 rings (SSSR count). The molecule has 1 aliphatic rings. The number of imidazole rings is 1. The Balaban J connectivity index is 1.52. The molecule has 4 aromatic heterocycles. The maximum absolute atomic E-state index is 11.6. The van der Waals surface area contributed by atoms with Gasteiger partial charge in [-0.2, -0.15) is 5.90 Å². The second-order valence-corrected chi connectivity index (χ2v) is 8.45. The molecule has 0 bridgehead atoms. The minimum absolute atomic E-state index is 0.168. The fourth-order valence-corrected chi connectivity index (χ4v) is 3.93. The summed E-state index contributed by atoms with van der Waals surface area (Å²) in [5.41, 5.74) is 3.36. The van der Waals surface area contributed by atoms with Gasteiger partial charge in [0.05, 0.1) is 25.3 Å². The van der Waals surface area contributed by atoms with E-state index in [4.69, 9.17) is 25.6 Å². The van der Waals surface area contributed by atoms with Crippen molar-refractivity contribution in [1.29, 1.82) is 0 Å². The standard InChI is InChI=1S/C23H26N10O3/c1-14-4-5-15(10-25-14)19-29-20-18(21(30-19)33-6-8-35-9-7-33)28-17(32(20)3)13-31(2)23-26-11-16(12-27-23)22(34)36-24/h4-5,10-12H,6-9,13,24H2,1-3H3. The van der Waals surface area contributed by atoms with Crippen molar-refractivity contribution in [3.63, 3.8) is 0 Å². The third kappa shape index (κ3) is 4.53. The zero-order valence-electron chi connectivity index (χ0n) is 20.2. The Morgan fingerprint density at radius 1 is 1.11 bits per heavy atom. The molecular formula is C23H26N10O3. The summed E-state index contributed by atoms with van der Waals surface area (Å²) in [6.45, 7) is 5.03. The van der Waals surface area contributed by atoms with E-state index in [2.05, 4.69) is 24.7 Å². The van der Waals surface area contributed by atoms with Gasteiger partial charge in [-0.25, -0.2) is 29.7 Å². The molecule has 0 aromatic carbocycles. The molecule has 13 heteroatoms. The number of rotatable bonds is 6. The summed E-state index contributed by atoms with van der Waals surface area (Å²) in [5.74, 6) is 6.75. The molecule has 5 heterocycles. The first kappa shape index (κ1) is 23.5. The van der Waals surface area contributed by atoms with Gasteiger partial charge in [0.15, 0.2) is 22.8 Å². The molecule has 4 aromatic rings. The largest absolute Gasteiger partial charge is 0.378 e. The first-order chi connectivity index (χ1) is 17.4. The maximum Gasteiger partial charge on any atom is 0.359 e. The number of hydrogen-bond acceptors (Lipinski definition) is 12. The smallest absolute Gasteiger partial charge is 0.359 e. The molecule has 2 N–H and O–H groups in total. The number of aromatic nitrogens is 7. The van der Waals surface area contributed by atoms with E-state index in [9.17, 15) is 4.79 Å². The summed E-state index contributed by atoms with van der Waals surface area (Å²) in [4.78, 5) is 47.3. The number of anilines is 2. The Morgan fingerprint density at radius 3 is 2.53 bits per heavy atom. The Bertz CT molecular complexity index is 1380. The zero-order chi connectivity index (χ0) is 25.2. The van der Waals surface area contributed by atoms with E-state index in [0.717, 1.165) is 36.0 Å². The van der Waals surface area contributed by atoms with Gasteiger partial charge in [0, 0.05) is 57.0 Å². The van der Waals surface area contributed by atoms with Crippen LogP contribution in [0.3, 0.4) is 0 Å². The lowest BCUT2D eigenvalue weighted by Gasteiger charge is -2.28. The average molecular weight is 491 g/mol. The number of aryl methyl sites for hydroxylation is 2. The Morgan fingerprint density at radius 2 is 1.86 bits per heavy atom. The van der Waals surface area contributed by atoms with Gasteiger partial charge in [0.1, 0.15) is 5.82 Å². The van der Waals surface area contributed by atoms with E-state index >= 15 is 0 Å². The summed E-state index contributed by atoms with van der Waals surface area (Å²) < 4.78 is 7.49. The van der Waals surface area contributed by atoms with Crippen molar-refractivity contribution in [2.75, 3.05) is 43.2 Å². The predicted molar refractivity (Wildman–Crippen MR) is 131 cm³/mol. The second kappa shape index (κ2) is 9.79. The summed E-state index contributed by atoms with van der Waals surface area (Å²) in [6.07, 6.45) is 4.52. The molecule has 0 aliphatic carbocycles. The number of morpholine rings is 1. The van der Waals surface area contributed by atoms with E-state index in [-0.39, 0.29) is 5.56 Å². The molecule has 1 fully saturated rings. The highest BCUT2D eigenvalue weighted by Gasteiger charge is 2.23. The van der Waals surface area contributed by atoms with Crippen LogP contribution in [-0.4, -0.2) is 73.8 Å². The van der Waals surface area contributed by atoms with Gasteiger partial charge in [0.2, 0.25) is 5.95 Å². The number of fused-ring (bicyclic) bond motifs is 1. The van der Waals surface area contributed by atoms with Gasteiger partial charge in [-0.3, -0.25) is 4.98 Å². The first-order valence-electron chi connectivity index (χ1n) is 11.4. The topological polar surface area (TPSA) is 150 Å². The summed E-state index contributed by atoms with van der Waals surface area (Å²) in [7, 11) is 3.76. The molecule has 186 valence electrons. The van der Waals surface area contributed by atoms with Crippen LogP contribution in [0.4, 0.5) is 11.8 Å².